The first kappa shape index (κ1) is 14.3. The van der Waals surface area contributed by atoms with Gasteiger partial charge in [0, 0.05) is 9.13 Å². The first-order valence-electron chi connectivity index (χ1n) is 3.70. The molecule has 0 aliphatic rings. The van der Waals surface area contributed by atoms with Crippen molar-refractivity contribution in [3.05, 3.63) is 35.9 Å². The smallest absolute Gasteiger partial charge is 0.134 e. The van der Waals surface area contributed by atoms with Crippen molar-refractivity contribution in [3.8, 4) is 0 Å². The molecule has 1 unspecified atom stereocenters. The highest BCUT2D eigenvalue weighted by Crippen LogP contribution is 2.17. The summed E-state index contributed by atoms with van der Waals surface area (Å²) in [6.45, 7) is 0.187. The van der Waals surface area contributed by atoms with E-state index in [2.05, 4.69) is 4.52 Å². The Hall–Kier alpha value is -0.740. The van der Waals surface area contributed by atoms with Gasteiger partial charge < -0.3 is 0 Å². The molecule has 0 aliphatic heterocycles. The molecule has 15 heavy (non-hydrogen) atoms. The molecule has 0 aromatic heterocycles. The van der Waals surface area contributed by atoms with Crippen molar-refractivity contribution in [1.82, 2.24) is 0 Å². The monoisotopic (exact) mass is 252 g/mol. The Balaban J connectivity index is 0.000000423. The zero-order valence-corrected chi connectivity index (χ0v) is 9.34. The molecular weight excluding hydrogens is 242 g/mol. The van der Waals surface area contributed by atoms with E-state index in [4.69, 9.17) is 19.2 Å². The van der Waals surface area contributed by atoms with Crippen molar-refractivity contribution in [2.45, 2.75) is 6.61 Å². The summed E-state index contributed by atoms with van der Waals surface area (Å²) in [5, 5.41) is 0. The van der Waals surface area contributed by atoms with Crippen molar-refractivity contribution < 1.29 is 28.3 Å². The van der Waals surface area contributed by atoms with Crippen LogP contribution in [0.3, 0.4) is 0 Å². The molecule has 3 N–H and O–H groups in total. The summed E-state index contributed by atoms with van der Waals surface area (Å²) >= 11 is 0. The molecular formula is C7H10O6P2+2. The van der Waals surface area contributed by atoms with Gasteiger partial charge in [0.1, 0.15) is 6.61 Å². The van der Waals surface area contributed by atoms with Gasteiger partial charge in [-0.2, -0.15) is 0 Å². The van der Waals surface area contributed by atoms with E-state index in [-0.39, 0.29) is 6.61 Å². The van der Waals surface area contributed by atoms with Crippen LogP contribution in [0, 0.1) is 0 Å². The maximum atomic E-state index is 10.1. The van der Waals surface area contributed by atoms with Crippen LogP contribution in [-0.4, -0.2) is 14.7 Å². The lowest BCUT2D eigenvalue weighted by atomic mass is 10.2. The van der Waals surface area contributed by atoms with Gasteiger partial charge in [0.05, 0.1) is 0 Å². The molecule has 1 atom stereocenters. The topological polar surface area (TPSA) is 104 Å². The van der Waals surface area contributed by atoms with Crippen LogP contribution in [0.15, 0.2) is 30.3 Å². The molecule has 0 bridgehead atoms. The molecule has 0 amide bonds. The molecule has 0 saturated heterocycles. The van der Waals surface area contributed by atoms with E-state index in [1.165, 1.54) is 0 Å². The van der Waals surface area contributed by atoms with Crippen LogP contribution in [-0.2, 0) is 20.3 Å². The fraction of sp³-hybridized carbons (Fsp3) is 0.143. The van der Waals surface area contributed by atoms with Gasteiger partial charge in [0.2, 0.25) is 0 Å². The maximum absolute atomic E-state index is 10.1. The summed E-state index contributed by atoms with van der Waals surface area (Å²) < 4.78 is 23.3. The van der Waals surface area contributed by atoms with Gasteiger partial charge >= 0.3 is 16.5 Å². The van der Waals surface area contributed by atoms with Crippen LogP contribution in [0.4, 0.5) is 0 Å². The first-order valence-corrected chi connectivity index (χ1v) is 6.00. The average molecular weight is 252 g/mol. The predicted molar refractivity (Wildman–Crippen MR) is 53.1 cm³/mol. The normalized spacial score (nSPS) is 9.93. The lowest BCUT2D eigenvalue weighted by molar-refractivity contribution is 0.272. The van der Waals surface area contributed by atoms with Gasteiger partial charge in [0.25, 0.3) is 0 Å². The van der Waals surface area contributed by atoms with Crippen molar-refractivity contribution in [3.63, 3.8) is 0 Å². The minimum Gasteiger partial charge on any atom is -0.134 e. The van der Waals surface area contributed by atoms with Crippen LogP contribution in [0.1, 0.15) is 5.56 Å². The lowest BCUT2D eigenvalue weighted by Crippen LogP contribution is -1.83. The number of benzene rings is 1. The van der Waals surface area contributed by atoms with E-state index in [9.17, 15) is 4.57 Å². The van der Waals surface area contributed by atoms with Gasteiger partial charge in [-0.1, -0.05) is 30.3 Å². The highest BCUT2D eigenvalue weighted by atomic mass is 31.1. The summed E-state index contributed by atoms with van der Waals surface area (Å²) in [6.07, 6.45) is 0. The number of hydrogen-bond donors (Lipinski definition) is 3. The Bertz CT molecular complexity index is 311. The molecule has 0 aliphatic carbocycles. The van der Waals surface area contributed by atoms with E-state index < -0.39 is 16.5 Å². The van der Waals surface area contributed by atoms with E-state index in [0.29, 0.717) is 0 Å². The van der Waals surface area contributed by atoms with Crippen LogP contribution < -0.4 is 0 Å². The molecule has 1 rings (SSSR count). The molecule has 1 aromatic carbocycles. The van der Waals surface area contributed by atoms with Crippen LogP contribution >= 0.6 is 16.5 Å². The summed E-state index contributed by atoms with van der Waals surface area (Å²) in [5.74, 6) is 0. The third-order valence-corrected chi connectivity index (χ3v) is 1.53. The van der Waals surface area contributed by atoms with Crippen molar-refractivity contribution >= 4 is 16.5 Å². The van der Waals surface area contributed by atoms with Gasteiger partial charge in [-0.25, -0.2) is 0 Å². The lowest BCUT2D eigenvalue weighted by Gasteiger charge is -1.90. The van der Waals surface area contributed by atoms with Gasteiger partial charge in [0.15, 0.2) is 0 Å². The quantitative estimate of drug-likeness (QED) is 0.704. The summed E-state index contributed by atoms with van der Waals surface area (Å²) in [4.78, 5) is 22.5. The molecule has 0 radical (unpaired) electrons. The van der Waals surface area contributed by atoms with Crippen LogP contribution in [0.2, 0.25) is 0 Å². The summed E-state index contributed by atoms with van der Waals surface area (Å²) in [6, 6.07) is 9.24. The van der Waals surface area contributed by atoms with Gasteiger partial charge in [-0.15, -0.1) is 19.2 Å². The summed E-state index contributed by atoms with van der Waals surface area (Å²) in [7, 11) is -5.34. The van der Waals surface area contributed by atoms with E-state index in [1.54, 1.807) is 0 Å². The molecule has 6 nitrogen and oxygen atoms in total. The second-order valence-corrected chi connectivity index (χ2v) is 3.49. The predicted octanol–water partition coefficient (Wildman–Crippen LogP) is 1.48. The second kappa shape index (κ2) is 8.56. The van der Waals surface area contributed by atoms with E-state index >= 15 is 0 Å². The number of hydrogen-bond acceptors (Lipinski definition) is 3. The molecule has 0 fully saturated rings. The highest BCUT2D eigenvalue weighted by Gasteiger charge is 2.10. The third kappa shape index (κ3) is 11.2. The van der Waals surface area contributed by atoms with Crippen molar-refractivity contribution in [1.29, 1.82) is 0 Å². The molecule has 1 aromatic rings. The van der Waals surface area contributed by atoms with Gasteiger partial charge in [-0.3, -0.25) is 0 Å². The largest absolute Gasteiger partial charge is 0.695 e. The standard InChI is InChI=1S/C7H7O3P.HO3P/c8-11(9)10-6-7-4-2-1-3-5-7;1-4(2)3/h1-5H,6H2;(H-,1,2,3)/p+2. The molecule has 0 spiro atoms. The number of rotatable bonds is 3. The van der Waals surface area contributed by atoms with Crippen LogP contribution in [0.5, 0.6) is 0 Å². The Kier molecular flexibility index (Phi) is 8.14. The maximum Gasteiger partial charge on any atom is 0.695 e. The summed E-state index contributed by atoms with van der Waals surface area (Å²) in [5.41, 5.74) is 0.893. The minimum absolute atomic E-state index is 0.187. The highest BCUT2D eigenvalue weighted by molar-refractivity contribution is 7.32. The molecule has 82 valence electrons. The average Bonchev–Trinajstić information content (AvgIpc) is 2.15. The van der Waals surface area contributed by atoms with Crippen molar-refractivity contribution in [2.75, 3.05) is 0 Å². The third-order valence-electron chi connectivity index (χ3n) is 1.18. The fourth-order valence-corrected chi connectivity index (χ4v) is 0.964. The van der Waals surface area contributed by atoms with E-state index in [1.807, 2.05) is 30.3 Å². The first-order chi connectivity index (χ1) is 7.02. The molecule has 0 saturated carbocycles. The van der Waals surface area contributed by atoms with Crippen molar-refractivity contribution in [2.24, 2.45) is 0 Å². The SMILES string of the molecule is O=[P+](O)O.O=[P+](O)OCc1ccccc1. The Morgan fingerprint density at radius 3 is 1.93 bits per heavy atom. The van der Waals surface area contributed by atoms with Gasteiger partial charge in [-0.05, 0) is 5.56 Å². The zero-order valence-electron chi connectivity index (χ0n) is 7.55. The Morgan fingerprint density at radius 2 is 1.53 bits per heavy atom. The minimum atomic E-state index is -2.87. The zero-order chi connectivity index (χ0) is 11.7. The van der Waals surface area contributed by atoms with E-state index in [0.717, 1.165) is 5.56 Å². The Morgan fingerprint density at radius 1 is 1.07 bits per heavy atom. The van der Waals surface area contributed by atoms with Crippen LogP contribution in [0.25, 0.3) is 0 Å². The fourth-order valence-electron chi connectivity index (χ4n) is 0.704. The Labute approximate surface area is 88.1 Å². The molecule has 0 heterocycles. The second-order valence-electron chi connectivity index (χ2n) is 2.25. The molecule has 8 heteroatoms.